The number of rotatable bonds is 25. The van der Waals surface area contributed by atoms with Crippen LogP contribution >= 0.6 is 0 Å². The fourth-order valence-corrected chi connectivity index (χ4v) is 22.3. The van der Waals surface area contributed by atoms with Crippen LogP contribution in [0.1, 0.15) is 140 Å². The van der Waals surface area contributed by atoms with Crippen LogP contribution in [0.2, 0.25) is 0 Å². The number of esters is 2. The van der Waals surface area contributed by atoms with Crippen molar-refractivity contribution in [2.24, 2.45) is 50.2 Å². The molecule has 41 heteroatoms. The van der Waals surface area contributed by atoms with Gasteiger partial charge in [0.2, 0.25) is 6.29 Å². The van der Waals surface area contributed by atoms with Gasteiger partial charge in [0, 0.05) is 5.57 Å². The Morgan fingerprint density at radius 1 is 0.504 bits per heavy atom. The maximum atomic E-state index is 16.4. The summed E-state index contributed by atoms with van der Waals surface area (Å²) in [5.74, 6) is -2.83. The van der Waals surface area contributed by atoms with E-state index in [0.717, 1.165) is 5.57 Å². The summed E-state index contributed by atoms with van der Waals surface area (Å²) in [6.45, 7) is 18.5. The number of allylic oxidation sites excluding steroid dienone is 3. The van der Waals surface area contributed by atoms with Crippen molar-refractivity contribution in [1.29, 1.82) is 0 Å². The van der Waals surface area contributed by atoms with Crippen molar-refractivity contribution < 1.29 is 202 Å². The van der Waals surface area contributed by atoms with Crippen LogP contribution in [0.15, 0.2) is 36.0 Å². The molecule has 0 aromatic rings. The Kier molecular flexibility index (Phi) is 30.6. The highest BCUT2D eigenvalue weighted by Crippen LogP contribution is 2.76. The number of aliphatic hydroxyl groups is 22. The van der Waals surface area contributed by atoms with Gasteiger partial charge in [0.1, 0.15) is 171 Å². The number of carbonyl (C=O) groups is 2. The van der Waals surface area contributed by atoms with Gasteiger partial charge in [-0.3, -0.25) is 4.79 Å². The summed E-state index contributed by atoms with van der Waals surface area (Å²) in [7, 11) is 0. The lowest BCUT2D eigenvalue weighted by atomic mass is 9.33. The first-order valence-electron chi connectivity index (χ1n) is 43.6. The molecule has 4 saturated carbocycles. The van der Waals surface area contributed by atoms with Crippen LogP contribution < -0.4 is 0 Å². The third kappa shape index (κ3) is 18.9. The molecule has 0 aromatic heterocycles. The number of hydrogen-bond acceptors (Lipinski definition) is 41. The Hall–Kier alpha value is -3.32. The molecule has 0 radical (unpaired) electrons. The molecule has 8 heterocycles. The van der Waals surface area contributed by atoms with Crippen molar-refractivity contribution in [1.82, 2.24) is 0 Å². The van der Waals surface area contributed by atoms with Gasteiger partial charge in [-0.1, -0.05) is 72.3 Å². The Morgan fingerprint density at radius 2 is 1.01 bits per heavy atom. The van der Waals surface area contributed by atoms with Crippen LogP contribution in [0, 0.1) is 50.2 Å². The Morgan fingerprint density at radius 3 is 1.63 bits per heavy atom. The molecule has 125 heavy (non-hydrogen) atoms. The lowest BCUT2D eigenvalue weighted by Crippen LogP contribution is -2.69. The van der Waals surface area contributed by atoms with Gasteiger partial charge in [0.25, 0.3) is 0 Å². The first kappa shape index (κ1) is 99.2. The number of carbonyl (C=O) groups excluding carboxylic acids is 2. The Balaban J connectivity index is 0.762. The molecule has 0 spiro atoms. The fourth-order valence-electron chi connectivity index (χ4n) is 22.3. The zero-order valence-corrected chi connectivity index (χ0v) is 71.9. The lowest BCUT2D eigenvalue weighted by Gasteiger charge is -2.71. The van der Waals surface area contributed by atoms with Gasteiger partial charge in [-0.05, 0) is 136 Å². The molecule has 0 unspecified atom stereocenters. The summed E-state index contributed by atoms with van der Waals surface area (Å²) in [6.07, 6.45) is -58.3. The van der Waals surface area contributed by atoms with E-state index in [0.29, 0.717) is 44.9 Å². The van der Waals surface area contributed by atoms with E-state index in [2.05, 4.69) is 61.1 Å². The Bertz CT molecular complexity index is 3710. The molecule has 716 valence electrons. The molecule has 8 saturated heterocycles. The number of aliphatic hydroxyl groups excluding tert-OH is 21. The minimum Gasteiger partial charge on any atom is -0.459 e. The minimum atomic E-state index is -2.25. The van der Waals surface area contributed by atoms with E-state index >= 15 is 4.79 Å². The minimum absolute atomic E-state index is 0.0274. The molecule has 0 aromatic carbocycles. The predicted molar refractivity (Wildman–Crippen MR) is 417 cm³/mol. The molecule has 22 N–H and O–H groups in total. The summed E-state index contributed by atoms with van der Waals surface area (Å²) in [5.41, 5.74) is -5.09. The van der Waals surface area contributed by atoms with Crippen molar-refractivity contribution in [3.8, 4) is 0 Å². The third-order valence-corrected chi connectivity index (χ3v) is 30.3. The second kappa shape index (κ2) is 38.6. The van der Waals surface area contributed by atoms with Crippen LogP contribution in [0.25, 0.3) is 0 Å². The summed E-state index contributed by atoms with van der Waals surface area (Å²) in [4.78, 5) is 30.2. The van der Waals surface area contributed by atoms with Gasteiger partial charge in [-0.2, -0.15) is 0 Å². The van der Waals surface area contributed by atoms with E-state index in [1.807, 2.05) is 0 Å². The summed E-state index contributed by atoms with van der Waals surface area (Å²) < 4.78 is 103. The molecule has 8 aliphatic heterocycles. The highest BCUT2D eigenvalue weighted by atomic mass is 16.8. The zero-order valence-electron chi connectivity index (χ0n) is 71.9. The molecule has 0 amide bonds. The highest BCUT2D eigenvalue weighted by Gasteiger charge is 2.73. The van der Waals surface area contributed by atoms with Crippen LogP contribution in [0.4, 0.5) is 0 Å². The average molecular weight is 1800 g/mol. The molecule has 12 fully saturated rings. The van der Waals surface area contributed by atoms with E-state index in [1.54, 1.807) is 0 Å². The maximum Gasteiger partial charge on any atom is 0.333 e. The van der Waals surface area contributed by atoms with Crippen molar-refractivity contribution in [3.05, 3.63) is 36.0 Å². The molecule has 46 atom stereocenters. The monoisotopic (exact) mass is 1800 g/mol. The maximum absolute atomic E-state index is 16.4. The fraction of sp³-hybridized carbons (Fsp3) is 0.905. The third-order valence-electron chi connectivity index (χ3n) is 30.3. The summed E-state index contributed by atoms with van der Waals surface area (Å²) in [5, 5.41) is 246. The molecule has 5 aliphatic carbocycles. The van der Waals surface area contributed by atoms with Crippen LogP contribution in [-0.4, -0.2) is 410 Å². The highest BCUT2D eigenvalue weighted by molar-refractivity contribution is 5.87. The van der Waals surface area contributed by atoms with E-state index in [1.165, 1.54) is 32.9 Å². The smallest absolute Gasteiger partial charge is 0.333 e. The summed E-state index contributed by atoms with van der Waals surface area (Å²) in [6, 6.07) is 0. The molecular formula is C84H134O41. The van der Waals surface area contributed by atoms with Gasteiger partial charge in [-0.25, -0.2) is 4.79 Å². The van der Waals surface area contributed by atoms with Gasteiger partial charge in [-0.15, -0.1) is 6.58 Å². The van der Waals surface area contributed by atoms with E-state index in [-0.39, 0.29) is 43.1 Å². The second-order valence-corrected chi connectivity index (χ2v) is 39.2. The topological polar surface area (TPSA) is 636 Å². The molecule has 41 nitrogen and oxygen atoms in total. The Labute approximate surface area is 723 Å². The van der Waals surface area contributed by atoms with E-state index in [9.17, 15) is 117 Å². The van der Waals surface area contributed by atoms with Crippen LogP contribution in [0.5, 0.6) is 0 Å². The SMILES string of the molecule is C=C[C@@](C)(O)CC/C=C(/C)C(=O)OC[C@H]1O[C@@H](OC(=O)[C@]23CCC(C)(C)C[C@H]2C2=CC[C@@H]4[C@@]5(C)CC[C@H](O[C@@H]6O[C@H](CO[C@H]7OC[C@@H](O)[C@@H](O)[C@@H]7O[C@@H]7OC[C@@H](O)[C@H](O)[C@H]7O)[C@H](O)[C@H](O)[C@H]6O)C(C)(C)[C@@H]5CC[C@@]4(C)[C@]2(C)C[C@H]3O)[C@H](O[C@@H]2O[C@@H](C)[C@H](O[C@@H]3OC[C@@H](O)[C@H](O[C@@H]4OC[C@@H](O)[C@H](O)[C@H]4O)[C@H]3O)[C@@H](O)[C@H]2O[C@@H]2O[C@H](CO)[C@@H](O)[C@H](O)[C@H]2O)[C@@H](O)[C@H]1O. The van der Waals surface area contributed by atoms with E-state index < -0.39 is 336 Å². The number of hydrogen-bond donors (Lipinski definition) is 22. The first-order valence-corrected chi connectivity index (χ1v) is 43.6. The molecular weight excluding hydrogens is 1660 g/mol. The van der Waals surface area contributed by atoms with Gasteiger partial charge >= 0.3 is 11.9 Å². The van der Waals surface area contributed by atoms with Gasteiger partial charge in [0.05, 0.1) is 63.6 Å². The van der Waals surface area contributed by atoms with Gasteiger partial charge < -0.3 is 193 Å². The standard InChI is InChI=1S/C84H134O41/c1-12-80(8,108)19-13-14-33(2)68(106)109-31-42-53(96)56(99)66(124-75-67(123-73-60(103)54(97)51(94)41(26-85)116-73)61(104)63(34(3)115-75)120-71-62(105)64(40(89)30-112-71)121-69-57(100)48(91)37(86)27-110-69)76(118-42)125-77(107)84-23-22-78(4,5)24-36(84)35-15-16-45-81(9)20-18-47(79(6,7)44(81)17-21-82(45,10)83(35,11)25-46(84)90)119-72-59(102)55(98)52(95)43(117-72)32-114-74-65(50(93)39(88)29-113-74)122-70-58(101)49(92)38(87)28-111-70/h12,14-15,34,36-67,69-76,85-105,108H,1,13,16-32H2,2-11H3/b33-14-/t34-,36-,37+,38+,39+,40+,41+,42+,43+,44-,45+,46+,47-,48-,49-,50+,51+,52-,53-,54-,55-,56-,57+,58+,59+,60+,61+,62+,63-,64-,65-,66+,67+,69-,70-,71-,72-,73-,74+,75-,76-,80+,81-,82+,83+,84+/m0/s1. The predicted octanol–water partition coefficient (Wildman–Crippen LogP) is -5.97. The van der Waals surface area contributed by atoms with Gasteiger partial charge in [0.15, 0.2) is 50.1 Å². The normalized spacial score (nSPS) is 51.2. The molecule has 13 rings (SSSR count). The molecule has 0 bridgehead atoms. The van der Waals surface area contributed by atoms with Crippen molar-refractivity contribution >= 4 is 11.9 Å². The first-order chi connectivity index (χ1) is 58.6. The average Bonchev–Trinajstić information content (AvgIpc) is 0.669. The second-order valence-electron chi connectivity index (χ2n) is 39.2. The van der Waals surface area contributed by atoms with Crippen molar-refractivity contribution in [2.75, 3.05) is 46.2 Å². The summed E-state index contributed by atoms with van der Waals surface area (Å²) >= 11 is 0. The zero-order chi connectivity index (χ0) is 91.4. The van der Waals surface area contributed by atoms with E-state index in [4.69, 9.17) is 80.5 Å². The van der Waals surface area contributed by atoms with Crippen LogP contribution in [-0.2, 0) is 90.1 Å². The largest absolute Gasteiger partial charge is 0.459 e. The number of ether oxygens (including phenoxy) is 17. The number of fused-ring (bicyclic) bond motifs is 7. The van der Waals surface area contributed by atoms with Crippen LogP contribution in [0.3, 0.4) is 0 Å². The quantitative estimate of drug-likeness (QED) is 0.0175. The van der Waals surface area contributed by atoms with Crippen molar-refractivity contribution in [3.63, 3.8) is 0 Å². The lowest BCUT2D eigenvalue weighted by molar-refractivity contribution is -0.401. The van der Waals surface area contributed by atoms with Crippen molar-refractivity contribution in [2.45, 2.75) is 379 Å². The molecule has 13 aliphatic rings.